The van der Waals surface area contributed by atoms with Gasteiger partial charge in [-0.1, -0.05) is 12.1 Å². The molecule has 232 valence electrons. The molecule has 44 heavy (non-hydrogen) atoms. The molecule has 0 radical (unpaired) electrons. The summed E-state index contributed by atoms with van der Waals surface area (Å²) >= 11 is 0. The van der Waals surface area contributed by atoms with Crippen LogP contribution in [0.25, 0.3) is 22.2 Å². The van der Waals surface area contributed by atoms with E-state index in [1.54, 1.807) is 13.0 Å². The number of benzene rings is 2. The molecule has 0 bridgehead atoms. The third-order valence-electron chi connectivity index (χ3n) is 7.48. The van der Waals surface area contributed by atoms with E-state index in [9.17, 15) is 35.5 Å². The smallest absolute Gasteiger partial charge is 0.416 e. The van der Waals surface area contributed by atoms with Crippen LogP contribution in [0.1, 0.15) is 38.8 Å². The molecule has 1 aliphatic rings. The molecule has 2 aromatic heterocycles. The Hall–Kier alpha value is -4.49. The molecule has 7 nitrogen and oxygen atoms in total. The molecule has 14 heteroatoms. The number of alkyl halides is 7. The lowest BCUT2D eigenvalue weighted by Gasteiger charge is -2.23. The van der Waals surface area contributed by atoms with E-state index in [1.807, 2.05) is 0 Å². The molecule has 0 saturated carbocycles. The van der Waals surface area contributed by atoms with Crippen LogP contribution < -0.4 is 14.8 Å². The van der Waals surface area contributed by atoms with Crippen molar-refractivity contribution in [3.63, 3.8) is 0 Å². The normalized spacial score (nSPS) is 14.8. The number of methoxy groups -OCH3 is 1. The number of carbonyl (C=O) groups is 1. The summed E-state index contributed by atoms with van der Waals surface area (Å²) in [4.78, 5) is 17.4. The first-order valence-electron chi connectivity index (χ1n) is 13.3. The molecule has 4 aromatic rings. The highest BCUT2D eigenvalue weighted by atomic mass is 19.4. The Morgan fingerprint density at radius 3 is 2.39 bits per heavy atom. The molecule has 1 atom stereocenters. The minimum Gasteiger partial charge on any atom is -0.494 e. The number of hydrogen-bond donors (Lipinski definition) is 1. The van der Waals surface area contributed by atoms with Crippen LogP contribution in [0.2, 0.25) is 0 Å². The summed E-state index contributed by atoms with van der Waals surface area (Å²) in [5.74, 6) is -2.35. The summed E-state index contributed by atoms with van der Waals surface area (Å²) in [6.07, 6.45) is -7.73. The van der Waals surface area contributed by atoms with Gasteiger partial charge in [0.1, 0.15) is 42.7 Å². The van der Waals surface area contributed by atoms with Gasteiger partial charge in [-0.15, -0.1) is 5.10 Å². The molecular weight excluding hydrogens is 597 g/mol. The van der Waals surface area contributed by atoms with E-state index in [4.69, 9.17) is 9.47 Å². The van der Waals surface area contributed by atoms with Gasteiger partial charge in [-0.05, 0) is 43.3 Å². The molecular formula is C30H25F7N4O3. The van der Waals surface area contributed by atoms with Crippen molar-refractivity contribution >= 4 is 16.8 Å². The van der Waals surface area contributed by atoms with Crippen molar-refractivity contribution in [3.05, 3.63) is 76.6 Å². The molecule has 1 aliphatic heterocycles. The van der Waals surface area contributed by atoms with E-state index in [0.717, 1.165) is 30.3 Å². The Kier molecular flexibility index (Phi) is 8.36. The third-order valence-corrected chi connectivity index (χ3v) is 7.48. The van der Waals surface area contributed by atoms with Gasteiger partial charge in [0.2, 0.25) is 6.43 Å². The van der Waals surface area contributed by atoms with Gasteiger partial charge in [-0.3, -0.25) is 4.79 Å². The van der Waals surface area contributed by atoms with E-state index in [1.165, 1.54) is 19.2 Å². The highest BCUT2D eigenvalue weighted by Gasteiger charge is 2.44. The lowest BCUT2D eigenvalue weighted by Crippen LogP contribution is -2.34. The number of aromatic nitrogens is 3. The maximum absolute atomic E-state index is 14.5. The van der Waals surface area contributed by atoms with Gasteiger partial charge in [-0.2, -0.15) is 18.3 Å². The van der Waals surface area contributed by atoms with Crippen LogP contribution in [0, 0.1) is 6.92 Å². The second kappa shape index (κ2) is 11.9. The lowest BCUT2D eigenvalue weighted by atomic mass is 9.83. The fourth-order valence-corrected chi connectivity index (χ4v) is 4.98. The summed E-state index contributed by atoms with van der Waals surface area (Å²) in [5, 5.41) is 11.0. The van der Waals surface area contributed by atoms with Crippen molar-refractivity contribution in [2.75, 3.05) is 33.6 Å². The first-order chi connectivity index (χ1) is 20.9. The van der Waals surface area contributed by atoms with Gasteiger partial charge >= 0.3 is 6.18 Å². The Morgan fingerprint density at radius 1 is 1.07 bits per heavy atom. The quantitative estimate of drug-likeness (QED) is 0.218. The number of nitrogens with one attached hydrogen (secondary N) is 1. The highest BCUT2D eigenvalue weighted by Crippen LogP contribution is 2.46. The van der Waals surface area contributed by atoms with Gasteiger partial charge in [0, 0.05) is 28.6 Å². The minimum atomic E-state index is -4.63. The standard InChI is InChI=1S/C30H25F7N4O3/c1-15-7-17-8-18(9-23(43-2)24(17)41-40-15)28(42)38-11-20(27(33)34)22-10-21-26(44-14-29(21,12-31)13-32)25(39-22)16-3-5-19(6-4-16)30(35,36)37/h3-10,20,27H,11-14H2,1-2H3,(H,38,42). The Labute approximate surface area is 246 Å². The average Bonchev–Trinajstić information content (AvgIpc) is 3.38. The van der Waals surface area contributed by atoms with Gasteiger partial charge in [0.15, 0.2) is 0 Å². The van der Waals surface area contributed by atoms with Crippen LogP contribution in [0.3, 0.4) is 0 Å². The summed E-state index contributed by atoms with van der Waals surface area (Å²) < 4.78 is 108. The number of rotatable bonds is 9. The molecule has 0 fully saturated rings. The first-order valence-corrected chi connectivity index (χ1v) is 13.3. The van der Waals surface area contributed by atoms with Crippen molar-refractivity contribution < 1.29 is 45.0 Å². The molecule has 1 N–H and O–H groups in total. The Bertz CT molecular complexity index is 1690. The summed E-state index contributed by atoms with van der Waals surface area (Å²) in [6.45, 7) is -1.85. The van der Waals surface area contributed by atoms with Crippen molar-refractivity contribution in [3.8, 4) is 22.8 Å². The molecule has 2 aromatic carbocycles. The Morgan fingerprint density at radius 2 is 1.77 bits per heavy atom. The summed E-state index contributed by atoms with van der Waals surface area (Å²) in [6, 6.07) is 9.35. The molecule has 1 unspecified atom stereocenters. The lowest BCUT2D eigenvalue weighted by molar-refractivity contribution is -0.137. The van der Waals surface area contributed by atoms with Crippen molar-refractivity contribution in [1.82, 2.24) is 20.5 Å². The van der Waals surface area contributed by atoms with Crippen LogP contribution in [-0.4, -0.2) is 61.1 Å². The van der Waals surface area contributed by atoms with Crippen LogP contribution in [-0.2, 0) is 11.6 Å². The topological polar surface area (TPSA) is 86.2 Å². The van der Waals surface area contributed by atoms with E-state index in [0.29, 0.717) is 16.6 Å². The van der Waals surface area contributed by atoms with Crippen LogP contribution in [0.15, 0.2) is 48.5 Å². The largest absolute Gasteiger partial charge is 0.494 e. The Balaban J connectivity index is 1.52. The van der Waals surface area contributed by atoms with Crippen LogP contribution >= 0.6 is 0 Å². The molecule has 0 spiro atoms. The van der Waals surface area contributed by atoms with Gasteiger partial charge < -0.3 is 14.8 Å². The van der Waals surface area contributed by atoms with Crippen molar-refractivity contribution in [1.29, 1.82) is 0 Å². The third kappa shape index (κ3) is 5.72. The maximum atomic E-state index is 14.5. The van der Waals surface area contributed by atoms with E-state index in [2.05, 4.69) is 20.5 Å². The first kappa shape index (κ1) is 31.0. The number of aryl methyl sites for hydroxylation is 1. The van der Waals surface area contributed by atoms with Gasteiger partial charge in [0.25, 0.3) is 5.91 Å². The number of amides is 1. The predicted octanol–water partition coefficient (Wildman–Crippen LogP) is 6.38. The second-order valence-electron chi connectivity index (χ2n) is 10.4. The molecule has 0 saturated heterocycles. The molecule has 5 rings (SSSR count). The van der Waals surface area contributed by atoms with Crippen LogP contribution in [0.4, 0.5) is 30.7 Å². The molecule has 0 aliphatic carbocycles. The number of pyridine rings is 1. The fraction of sp³-hybridized carbons (Fsp3) is 0.333. The zero-order valence-corrected chi connectivity index (χ0v) is 23.3. The molecule has 1 amide bonds. The zero-order chi connectivity index (χ0) is 31.8. The fourth-order valence-electron chi connectivity index (χ4n) is 4.98. The minimum absolute atomic E-state index is 0.0586. The number of hydrogen-bond acceptors (Lipinski definition) is 6. The van der Waals surface area contributed by atoms with Crippen molar-refractivity contribution in [2.24, 2.45) is 0 Å². The number of fused-ring (bicyclic) bond motifs is 2. The number of carbonyl (C=O) groups excluding carboxylic acids is 1. The van der Waals surface area contributed by atoms with Gasteiger partial charge in [-0.25, -0.2) is 22.5 Å². The number of halogens is 7. The number of ether oxygens (including phenoxy) is 2. The maximum Gasteiger partial charge on any atom is 0.416 e. The monoisotopic (exact) mass is 622 g/mol. The average molecular weight is 623 g/mol. The van der Waals surface area contributed by atoms with Gasteiger partial charge in [0.05, 0.1) is 35.4 Å². The second-order valence-corrected chi connectivity index (χ2v) is 10.4. The summed E-state index contributed by atoms with van der Waals surface area (Å²) in [5.41, 5.74) is -2.21. The van der Waals surface area contributed by atoms with E-state index >= 15 is 0 Å². The zero-order valence-electron chi connectivity index (χ0n) is 23.3. The van der Waals surface area contributed by atoms with E-state index in [-0.39, 0.29) is 39.6 Å². The number of nitrogens with zero attached hydrogens (tertiary/aromatic N) is 3. The van der Waals surface area contributed by atoms with E-state index < -0.39 is 61.9 Å². The highest BCUT2D eigenvalue weighted by molar-refractivity contribution is 5.99. The SMILES string of the molecule is COc1cc(C(=O)NCC(c2cc3c(c(-c4ccc(C(F)(F)F)cc4)n2)OCC3(CF)CF)C(F)F)cc2cc(C)nnc12. The summed E-state index contributed by atoms with van der Waals surface area (Å²) in [7, 11) is 1.37. The van der Waals surface area contributed by atoms with Crippen LogP contribution in [0.5, 0.6) is 11.5 Å². The molecule has 3 heterocycles. The van der Waals surface area contributed by atoms with Crippen molar-refractivity contribution in [2.45, 2.75) is 30.9 Å². The predicted molar refractivity (Wildman–Crippen MR) is 146 cm³/mol.